The molecule has 0 amide bonds. The molecule has 0 radical (unpaired) electrons. The highest BCUT2D eigenvalue weighted by Gasteiger charge is 2.47. The van der Waals surface area contributed by atoms with Gasteiger partial charge < -0.3 is 9.64 Å². The van der Waals surface area contributed by atoms with Crippen LogP contribution in [0.1, 0.15) is 27.2 Å². The summed E-state index contributed by atoms with van der Waals surface area (Å²) in [5, 5.41) is 0. The standard InChI is InChI=1S/C11H21NO/c1-4-12-6-9-5-10(7-12)11(9)13-8(2)3/h8-11H,4-7H2,1-3H3. The van der Waals surface area contributed by atoms with Gasteiger partial charge >= 0.3 is 0 Å². The molecule has 3 aliphatic rings. The van der Waals surface area contributed by atoms with Crippen molar-refractivity contribution in [2.24, 2.45) is 11.8 Å². The van der Waals surface area contributed by atoms with E-state index in [1.165, 1.54) is 26.1 Å². The molecule has 2 bridgehead atoms. The first-order valence-electron chi connectivity index (χ1n) is 5.58. The largest absolute Gasteiger partial charge is 0.375 e. The summed E-state index contributed by atoms with van der Waals surface area (Å²) >= 11 is 0. The molecule has 1 saturated carbocycles. The highest BCUT2D eigenvalue weighted by atomic mass is 16.5. The van der Waals surface area contributed by atoms with Crippen LogP contribution in [0.15, 0.2) is 0 Å². The Bertz CT molecular complexity index is 169. The SMILES string of the molecule is CCN1CC2CC(C1)C2OC(C)C. The van der Waals surface area contributed by atoms with Gasteiger partial charge in [-0.2, -0.15) is 0 Å². The van der Waals surface area contributed by atoms with E-state index in [-0.39, 0.29) is 0 Å². The summed E-state index contributed by atoms with van der Waals surface area (Å²) < 4.78 is 5.92. The predicted molar refractivity (Wildman–Crippen MR) is 53.7 cm³/mol. The Hall–Kier alpha value is -0.0800. The molecule has 76 valence electrons. The maximum atomic E-state index is 5.92. The van der Waals surface area contributed by atoms with Gasteiger partial charge in [0.2, 0.25) is 0 Å². The fraction of sp³-hybridized carbons (Fsp3) is 1.00. The minimum absolute atomic E-state index is 0.406. The smallest absolute Gasteiger partial charge is 0.0659 e. The van der Waals surface area contributed by atoms with Gasteiger partial charge in [0.15, 0.2) is 0 Å². The second-order valence-corrected chi connectivity index (χ2v) is 4.76. The van der Waals surface area contributed by atoms with Crippen molar-refractivity contribution in [2.75, 3.05) is 19.6 Å². The van der Waals surface area contributed by atoms with Crippen LogP contribution >= 0.6 is 0 Å². The van der Waals surface area contributed by atoms with E-state index in [4.69, 9.17) is 4.74 Å². The fourth-order valence-electron chi connectivity index (χ4n) is 2.74. The van der Waals surface area contributed by atoms with Crippen LogP contribution < -0.4 is 0 Å². The Morgan fingerprint density at radius 2 is 1.92 bits per heavy atom. The summed E-state index contributed by atoms with van der Waals surface area (Å²) in [7, 11) is 0. The van der Waals surface area contributed by atoms with Crippen molar-refractivity contribution in [3.63, 3.8) is 0 Å². The molecule has 0 aromatic carbocycles. The molecule has 2 nitrogen and oxygen atoms in total. The van der Waals surface area contributed by atoms with Gasteiger partial charge in [0.05, 0.1) is 12.2 Å². The van der Waals surface area contributed by atoms with Crippen LogP contribution in [0.3, 0.4) is 0 Å². The Balaban J connectivity index is 1.85. The molecule has 0 spiro atoms. The third-order valence-electron chi connectivity index (χ3n) is 3.40. The van der Waals surface area contributed by atoms with E-state index < -0.39 is 0 Å². The second kappa shape index (κ2) is 3.58. The average Bonchev–Trinajstić information content (AvgIpc) is 2.14. The minimum Gasteiger partial charge on any atom is -0.375 e. The third kappa shape index (κ3) is 1.75. The lowest BCUT2D eigenvalue weighted by molar-refractivity contribution is -0.160. The summed E-state index contributed by atoms with van der Waals surface area (Å²) in [4.78, 5) is 2.55. The number of rotatable bonds is 3. The van der Waals surface area contributed by atoms with E-state index in [2.05, 4.69) is 25.7 Å². The van der Waals surface area contributed by atoms with Gasteiger partial charge in [0.1, 0.15) is 0 Å². The number of hydrogen-bond acceptors (Lipinski definition) is 2. The Morgan fingerprint density at radius 1 is 1.31 bits per heavy atom. The lowest BCUT2D eigenvalue weighted by Gasteiger charge is -2.53. The molecule has 3 fully saturated rings. The fourth-order valence-corrected chi connectivity index (χ4v) is 2.74. The van der Waals surface area contributed by atoms with Gasteiger partial charge in [-0.3, -0.25) is 0 Å². The normalized spacial score (nSPS) is 39.2. The Kier molecular flexibility index (Phi) is 2.61. The van der Waals surface area contributed by atoms with Gasteiger partial charge in [0, 0.05) is 13.1 Å². The molecule has 2 unspecified atom stereocenters. The number of ether oxygens (including phenoxy) is 1. The first kappa shape index (κ1) is 9.47. The molecule has 2 aliphatic heterocycles. The van der Waals surface area contributed by atoms with E-state index in [1.54, 1.807) is 0 Å². The zero-order chi connectivity index (χ0) is 9.42. The topological polar surface area (TPSA) is 12.5 Å². The van der Waals surface area contributed by atoms with Gasteiger partial charge in [-0.05, 0) is 38.6 Å². The summed E-state index contributed by atoms with van der Waals surface area (Å²) in [5.41, 5.74) is 0. The monoisotopic (exact) mass is 183 g/mol. The molecule has 2 atom stereocenters. The van der Waals surface area contributed by atoms with E-state index in [0.29, 0.717) is 12.2 Å². The van der Waals surface area contributed by atoms with Crippen LogP contribution in [0.4, 0.5) is 0 Å². The van der Waals surface area contributed by atoms with Crippen molar-refractivity contribution in [3.8, 4) is 0 Å². The molecule has 0 aromatic heterocycles. The Labute approximate surface area is 81.3 Å². The predicted octanol–water partition coefficient (Wildman–Crippen LogP) is 1.75. The first-order valence-corrected chi connectivity index (χ1v) is 5.58. The van der Waals surface area contributed by atoms with Crippen molar-refractivity contribution < 1.29 is 4.74 Å². The highest BCUT2D eigenvalue weighted by Crippen LogP contribution is 2.42. The van der Waals surface area contributed by atoms with E-state index in [0.717, 1.165) is 11.8 Å². The maximum absolute atomic E-state index is 5.92. The lowest BCUT2D eigenvalue weighted by atomic mass is 9.68. The van der Waals surface area contributed by atoms with Crippen LogP contribution in [-0.4, -0.2) is 36.7 Å². The molecule has 1 aliphatic carbocycles. The molecule has 0 aromatic rings. The van der Waals surface area contributed by atoms with Gasteiger partial charge in [0.25, 0.3) is 0 Å². The quantitative estimate of drug-likeness (QED) is 0.661. The van der Waals surface area contributed by atoms with Gasteiger partial charge in [-0.15, -0.1) is 0 Å². The van der Waals surface area contributed by atoms with Crippen LogP contribution in [0, 0.1) is 11.8 Å². The first-order chi connectivity index (χ1) is 6.20. The molecule has 3 rings (SSSR count). The number of hydrogen-bond donors (Lipinski definition) is 0. The van der Waals surface area contributed by atoms with Gasteiger partial charge in [-0.1, -0.05) is 6.92 Å². The summed E-state index contributed by atoms with van der Waals surface area (Å²) in [6, 6.07) is 0. The minimum atomic E-state index is 0.406. The van der Waals surface area contributed by atoms with Crippen LogP contribution in [0.5, 0.6) is 0 Å². The summed E-state index contributed by atoms with van der Waals surface area (Å²) in [6.07, 6.45) is 2.40. The van der Waals surface area contributed by atoms with Crippen molar-refractivity contribution in [1.82, 2.24) is 4.90 Å². The molecule has 2 saturated heterocycles. The van der Waals surface area contributed by atoms with Crippen molar-refractivity contribution >= 4 is 0 Å². The summed E-state index contributed by atoms with van der Waals surface area (Å²) in [5.74, 6) is 1.67. The lowest BCUT2D eigenvalue weighted by Crippen LogP contribution is -2.59. The zero-order valence-electron chi connectivity index (χ0n) is 8.99. The average molecular weight is 183 g/mol. The van der Waals surface area contributed by atoms with Crippen molar-refractivity contribution in [1.29, 1.82) is 0 Å². The molecule has 0 N–H and O–H groups in total. The Morgan fingerprint density at radius 3 is 2.38 bits per heavy atom. The van der Waals surface area contributed by atoms with Gasteiger partial charge in [-0.25, -0.2) is 0 Å². The van der Waals surface area contributed by atoms with E-state index in [9.17, 15) is 0 Å². The molecule has 13 heavy (non-hydrogen) atoms. The van der Waals surface area contributed by atoms with E-state index >= 15 is 0 Å². The maximum Gasteiger partial charge on any atom is 0.0659 e. The highest BCUT2D eigenvalue weighted by molar-refractivity contribution is 4.98. The second-order valence-electron chi connectivity index (χ2n) is 4.76. The van der Waals surface area contributed by atoms with Crippen LogP contribution in [0.2, 0.25) is 0 Å². The number of fused-ring (bicyclic) bond motifs is 2. The van der Waals surface area contributed by atoms with Crippen molar-refractivity contribution in [3.05, 3.63) is 0 Å². The van der Waals surface area contributed by atoms with Crippen molar-refractivity contribution in [2.45, 2.75) is 39.4 Å². The number of nitrogens with zero attached hydrogens (tertiary/aromatic N) is 1. The number of piperidine rings is 2. The zero-order valence-corrected chi connectivity index (χ0v) is 8.99. The van der Waals surface area contributed by atoms with Crippen LogP contribution in [-0.2, 0) is 4.74 Å². The summed E-state index contributed by atoms with van der Waals surface area (Å²) in [6.45, 7) is 10.3. The van der Waals surface area contributed by atoms with E-state index in [1.807, 2.05) is 0 Å². The molecule has 2 heteroatoms. The molecular weight excluding hydrogens is 162 g/mol. The molecular formula is C11H21NO. The third-order valence-corrected chi connectivity index (χ3v) is 3.40. The molecule has 2 heterocycles. The van der Waals surface area contributed by atoms with Crippen LogP contribution in [0.25, 0.3) is 0 Å².